The lowest BCUT2D eigenvalue weighted by molar-refractivity contribution is 0.735. The van der Waals surface area contributed by atoms with Gasteiger partial charge in [0.05, 0.1) is 0 Å². The van der Waals surface area contributed by atoms with E-state index in [-0.39, 0.29) is 0 Å². The molecule has 0 aliphatic carbocycles. The highest BCUT2D eigenvalue weighted by Gasteiger charge is 2.05. The van der Waals surface area contributed by atoms with Gasteiger partial charge in [0.2, 0.25) is 0 Å². The maximum absolute atomic E-state index is 4.51. The van der Waals surface area contributed by atoms with Crippen molar-refractivity contribution >= 4 is 5.82 Å². The molecule has 0 bridgehead atoms. The van der Waals surface area contributed by atoms with Crippen molar-refractivity contribution in [1.82, 2.24) is 9.97 Å². The van der Waals surface area contributed by atoms with E-state index >= 15 is 0 Å². The van der Waals surface area contributed by atoms with Crippen LogP contribution in [0.1, 0.15) is 57.5 Å². The Kier molecular flexibility index (Phi) is 5.23. The number of anilines is 1. The molecule has 0 amide bonds. The number of nitrogens with zero attached hydrogens (tertiary/aromatic N) is 2. The molecule has 0 atom stereocenters. The quantitative estimate of drug-likeness (QED) is 0.747. The highest BCUT2D eigenvalue weighted by molar-refractivity contribution is 5.36. The summed E-state index contributed by atoms with van der Waals surface area (Å²) >= 11 is 0. The van der Waals surface area contributed by atoms with Gasteiger partial charge in [0.1, 0.15) is 11.6 Å². The van der Waals surface area contributed by atoms with E-state index in [0.717, 1.165) is 23.9 Å². The largest absolute Gasteiger partial charge is 0.370 e. The Morgan fingerprint density at radius 3 is 2.62 bits per heavy atom. The third-order valence-corrected chi connectivity index (χ3v) is 2.47. The van der Waals surface area contributed by atoms with Gasteiger partial charge >= 0.3 is 0 Å². The van der Waals surface area contributed by atoms with E-state index < -0.39 is 0 Å². The zero-order chi connectivity index (χ0) is 12.0. The minimum absolute atomic E-state index is 0.385. The molecule has 1 heterocycles. The molecule has 1 aromatic rings. The number of aryl methyl sites for hydroxylation is 1. The summed E-state index contributed by atoms with van der Waals surface area (Å²) in [7, 11) is 0. The third kappa shape index (κ3) is 4.17. The molecule has 1 rings (SSSR count). The number of hydrogen-bond acceptors (Lipinski definition) is 3. The second-order valence-electron chi connectivity index (χ2n) is 4.54. The molecule has 16 heavy (non-hydrogen) atoms. The molecule has 90 valence electrons. The molecule has 0 spiro atoms. The summed E-state index contributed by atoms with van der Waals surface area (Å²) in [6.07, 6.45) is 3.73. The summed E-state index contributed by atoms with van der Waals surface area (Å²) in [4.78, 5) is 8.94. The molecule has 0 unspecified atom stereocenters. The van der Waals surface area contributed by atoms with Crippen LogP contribution in [-0.4, -0.2) is 16.5 Å². The van der Waals surface area contributed by atoms with E-state index in [1.807, 2.05) is 13.0 Å². The molecule has 3 heteroatoms. The molecule has 0 aliphatic rings. The van der Waals surface area contributed by atoms with Gasteiger partial charge in [0, 0.05) is 24.2 Å². The van der Waals surface area contributed by atoms with Gasteiger partial charge in [0.25, 0.3) is 0 Å². The number of rotatable bonds is 6. The summed E-state index contributed by atoms with van der Waals surface area (Å²) in [6.45, 7) is 9.48. The Hall–Kier alpha value is -1.12. The molecule has 1 N–H and O–H groups in total. The van der Waals surface area contributed by atoms with Crippen LogP contribution in [-0.2, 0) is 0 Å². The first-order valence-corrected chi connectivity index (χ1v) is 6.23. The fourth-order valence-corrected chi connectivity index (χ4v) is 1.53. The SMILES string of the molecule is CCCCCNc1cc(C)nc(C(C)C)n1. The second-order valence-corrected chi connectivity index (χ2v) is 4.54. The van der Waals surface area contributed by atoms with Crippen LogP contribution >= 0.6 is 0 Å². The molecule has 1 aromatic heterocycles. The van der Waals surface area contributed by atoms with Crippen molar-refractivity contribution in [2.75, 3.05) is 11.9 Å². The zero-order valence-electron chi connectivity index (χ0n) is 10.9. The Bertz CT molecular complexity index is 321. The number of unbranched alkanes of at least 4 members (excludes halogenated alkanes) is 2. The van der Waals surface area contributed by atoms with Crippen molar-refractivity contribution < 1.29 is 0 Å². The van der Waals surface area contributed by atoms with Crippen LogP contribution in [0.4, 0.5) is 5.82 Å². The Balaban J connectivity index is 2.58. The summed E-state index contributed by atoms with van der Waals surface area (Å²) < 4.78 is 0. The highest BCUT2D eigenvalue weighted by Crippen LogP contribution is 2.13. The molecule has 0 saturated carbocycles. The van der Waals surface area contributed by atoms with Crippen LogP contribution in [0.3, 0.4) is 0 Å². The predicted molar refractivity (Wildman–Crippen MR) is 68.9 cm³/mol. The van der Waals surface area contributed by atoms with Crippen LogP contribution in [0, 0.1) is 6.92 Å². The first-order valence-electron chi connectivity index (χ1n) is 6.23. The van der Waals surface area contributed by atoms with Crippen LogP contribution < -0.4 is 5.32 Å². The van der Waals surface area contributed by atoms with E-state index in [2.05, 4.69) is 36.1 Å². The van der Waals surface area contributed by atoms with Crippen LogP contribution in [0.5, 0.6) is 0 Å². The fraction of sp³-hybridized carbons (Fsp3) is 0.692. The van der Waals surface area contributed by atoms with Crippen LogP contribution in [0.25, 0.3) is 0 Å². The molecule has 0 radical (unpaired) electrons. The van der Waals surface area contributed by atoms with Crippen LogP contribution in [0.2, 0.25) is 0 Å². The van der Waals surface area contributed by atoms with Crippen molar-refractivity contribution in [3.63, 3.8) is 0 Å². The van der Waals surface area contributed by atoms with E-state index in [0.29, 0.717) is 5.92 Å². The van der Waals surface area contributed by atoms with Gasteiger partial charge in [-0.3, -0.25) is 0 Å². The predicted octanol–water partition coefficient (Wildman–Crippen LogP) is 3.51. The van der Waals surface area contributed by atoms with Gasteiger partial charge in [0.15, 0.2) is 0 Å². The lowest BCUT2D eigenvalue weighted by Crippen LogP contribution is -2.07. The Morgan fingerprint density at radius 2 is 2.00 bits per heavy atom. The lowest BCUT2D eigenvalue weighted by atomic mass is 10.2. The van der Waals surface area contributed by atoms with Crippen LogP contribution in [0.15, 0.2) is 6.07 Å². The van der Waals surface area contributed by atoms with Crippen molar-refractivity contribution in [2.24, 2.45) is 0 Å². The first kappa shape index (κ1) is 12.9. The van der Waals surface area contributed by atoms with Gasteiger partial charge < -0.3 is 5.32 Å². The standard InChI is InChI=1S/C13H23N3/c1-5-6-7-8-14-12-9-11(4)15-13(16-12)10(2)3/h9-10H,5-8H2,1-4H3,(H,14,15,16). The molecule has 0 saturated heterocycles. The average molecular weight is 221 g/mol. The maximum atomic E-state index is 4.51. The van der Waals surface area contributed by atoms with Gasteiger partial charge in [-0.05, 0) is 13.3 Å². The van der Waals surface area contributed by atoms with E-state index in [4.69, 9.17) is 0 Å². The van der Waals surface area contributed by atoms with Crippen molar-refractivity contribution in [3.05, 3.63) is 17.6 Å². The molecule has 0 aromatic carbocycles. The van der Waals surface area contributed by atoms with Crippen molar-refractivity contribution in [1.29, 1.82) is 0 Å². The lowest BCUT2D eigenvalue weighted by Gasteiger charge is -2.09. The smallest absolute Gasteiger partial charge is 0.133 e. The first-order chi connectivity index (χ1) is 7.63. The Labute approximate surface area is 98.7 Å². The number of aromatic nitrogens is 2. The van der Waals surface area contributed by atoms with E-state index in [9.17, 15) is 0 Å². The molecule has 3 nitrogen and oxygen atoms in total. The van der Waals surface area contributed by atoms with Crippen molar-refractivity contribution in [3.8, 4) is 0 Å². The van der Waals surface area contributed by atoms with Crippen molar-refractivity contribution in [2.45, 2.75) is 52.9 Å². The third-order valence-electron chi connectivity index (χ3n) is 2.47. The number of hydrogen-bond donors (Lipinski definition) is 1. The average Bonchev–Trinajstić information content (AvgIpc) is 2.23. The minimum atomic E-state index is 0.385. The topological polar surface area (TPSA) is 37.8 Å². The highest BCUT2D eigenvalue weighted by atomic mass is 15.0. The molecule has 0 fully saturated rings. The molecule has 0 aliphatic heterocycles. The second kappa shape index (κ2) is 6.46. The molecular weight excluding hydrogens is 198 g/mol. The monoisotopic (exact) mass is 221 g/mol. The van der Waals surface area contributed by atoms with E-state index in [1.165, 1.54) is 19.3 Å². The summed E-state index contributed by atoms with van der Waals surface area (Å²) in [5.74, 6) is 2.28. The minimum Gasteiger partial charge on any atom is -0.370 e. The zero-order valence-corrected chi connectivity index (χ0v) is 10.9. The number of nitrogens with one attached hydrogen (secondary N) is 1. The van der Waals surface area contributed by atoms with E-state index in [1.54, 1.807) is 0 Å². The van der Waals surface area contributed by atoms with Gasteiger partial charge in [-0.1, -0.05) is 33.6 Å². The summed E-state index contributed by atoms with van der Waals surface area (Å²) in [5, 5.41) is 3.36. The fourth-order valence-electron chi connectivity index (χ4n) is 1.53. The Morgan fingerprint density at radius 1 is 1.25 bits per heavy atom. The van der Waals surface area contributed by atoms with Gasteiger partial charge in [-0.15, -0.1) is 0 Å². The van der Waals surface area contributed by atoms with Gasteiger partial charge in [-0.2, -0.15) is 0 Å². The maximum Gasteiger partial charge on any atom is 0.133 e. The summed E-state index contributed by atoms with van der Waals surface area (Å²) in [6, 6.07) is 2.01. The normalized spacial score (nSPS) is 10.8. The molecular formula is C13H23N3. The summed E-state index contributed by atoms with van der Waals surface area (Å²) in [5.41, 5.74) is 1.04. The van der Waals surface area contributed by atoms with Gasteiger partial charge in [-0.25, -0.2) is 9.97 Å².